The molecule has 14 heteroatoms. The number of hydrogen-bond acceptors (Lipinski definition) is 11. The van der Waals surface area contributed by atoms with Crippen LogP contribution in [0.25, 0.3) is 33.1 Å². The molecule has 4 aliphatic heterocycles. The van der Waals surface area contributed by atoms with Crippen molar-refractivity contribution in [3.05, 3.63) is 34.9 Å². The largest absolute Gasteiger partial charge is 0.508 e. The number of benzene rings is 1. The predicted molar refractivity (Wildman–Crippen MR) is 159 cm³/mol. The van der Waals surface area contributed by atoms with Crippen LogP contribution in [-0.4, -0.2) is 101 Å². The summed E-state index contributed by atoms with van der Waals surface area (Å²) in [5.41, 5.74) is 1.99. The normalized spacial score (nSPS) is 25.5. The minimum atomic E-state index is -0.782. The van der Waals surface area contributed by atoms with Crippen molar-refractivity contribution in [1.82, 2.24) is 30.0 Å². The maximum atomic E-state index is 16.9. The van der Waals surface area contributed by atoms with Gasteiger partial charge in [0.1, 0.15) is 29.7 Å². The monoisotopic (exact) mass is 623 g/mol. The Morgan fingerprint density at radius 3 is 2.98 bits per heavy atom. The molecule has 1 aromatic carbocycles. The summed E-state index contributed by atoms with van der Waals surface area (Å²) in [7, 11) is 2.12. The highest BCUT2D eigenvalue weighted by Crippen LogP contribution is 2.47. The number of halogens is 2. The van der Waals surface area contributed by atoms with Gasteiger partial charge in [0.2, 0.25) is 0 Å². The first-order valence-corrected chi connectivity index (χ1v) is 15.3. The van der Waals surface area contributed by atoms with Crippen LogP contribution in [0.4, 0.5) is 15.0 Å². The third-order valence-electron chi connectivity index (χ3n) is 9.23. The fourth-order valence-corrected chi connectivity index (χ4v) is 7.16. The number of anilines is 1. The summed E-state index contributed by atoms with van der Waals surface area (Å²) in [6.07, 6.45) is 4.90. The topological polar surface area (TPSA) is 128 Å². The average molecular weight is 624 g/mol. The Morgan fingerprint density at radius 1 is 1.20 bits per heavy atom. The van der Waals surface area contributed by atoms with Gasteiger partial charge in [0, 0.05) is 40.8 Å². The summed E-state index contributed by atoms with van der Waals surface area (Å²) in [6.45, 7) is 1.70. The van der Waals surface area contributed by atoms with E-state index in [4.69, 9.17) is 35.5 Å². The first kappa shape index (κ1) is 27.7. The summed E-state index contributed by atoms with van der Waals surface area (Å²) in [6, 6.07) is 2.68. The van der Waals surface area contributed by atoms with Crippen LogP contribution in [0, 0.1) is 11.7 Å². The Balaban J connectivity index is 1.29. The summed E-state index contributed by atoms with van der Waals surface area (Å²) < 4.78 is 39.8. The second-order valence-corrected chi connectivity index (χ2v) is 12.4. The third kappa shape index (κ3) is 4.87. The number of carbonyl (C=O) groups excluding carboxylic acids is 1. The Bertz CT molecular complexity index is 1770. The molecule has 0 unspecified atom stereocenters. The van der Waals surface area contributed by atoms with Crippen molar-refractivity contribution in [1.29, 1.82) is 0 Å². The molecular weight excluding hydrogens is 593 g/mol. The van der Waals surface area contributed by atoms with Crippen LogP contribution in [0.15, 0.2) is 18.5 Å². The van der Waals surface area contributed by atoms with E-state index < -0.39 is 18.1 Å². The van der Waals surface area contributed by atoms with E-state index in [1.165, 1.54) is 6.42 Å². The zero-order valence-corrected chi connectivity index (χ0v) is 24.8. The van der Waals surface area contributed by atoms with Crippen LogP contribution in [0.2, 0.25) is 5.02 Å². The van der Waals surface area contributed by atoms with Gasteiger partial charge in [-0.1, -0.05) is 11.6 Å². The number of nitrogens with zero attached hydrogens (tertiary/aromatic N) is 6. The molecule has 12 nitrogen and oxygen atoms in total. The van der Waals surface area contributed by atoms with Gasteiger partial charge in [-0.3, -0.25) is 15.0 Å². The van der Waals surface area contributed by atoms with Gasteiger partial charge in [-0.25, -0.2) is 9.18 Å². The maximum absolute atomic E-state index is 16.9. The first-order chi connectivity index (χ1) is 21.4. The van der Waals surface area contributed by atoms with Crippen molar-refractivity contribution in [3.63, 3.8) is 0 Å². The van der Waals surface area contributed by atoms with Gasteiger partial charge in [0.15, 0.2) is 5.82 Å². The molecule has 3 aromatic heterocycles. The lowest BCUT2D eigenvalue weighted by Crippen LogP contribution is -2.37. The molecule has 1 aliphatic carbocycles. The van der Waals surface area contributed by atoms with E-state index in [1.54, 1.807) is 18.5 Å². The third-order valence-corrected chi connectivity index (χ3v) is 9.57. The van der Waals surface area contributed by atoms with E-state index in [9.17, 15) is 4.79 Å². The molecule has 1 N–H and O–H groups in total. The Morgan fingerprint density at radius 2 is 2.11 bits per heavy atom. The number of likely N-dealkylation sites (N-methyl/N-ethyl adjacent to an activating group) is 1. The van der Waals surface area contributed by atoms with E-state index >= 15 is 4.39 Å². The lowest BCUT2D eigenvalue weighted by atomic mass is 9.95. The van der Waals surface area contributed by atoms with Crippen molar-refractivity contribution < 1.29 is 28.1 Å². The van der Waals surface area contributed by atoms with Crippen LogP contribution in [0.3, 0.4) is 0 Å². The molecular formula is C30H31ClFN7O5. The van der Waals surface area contributed by atoms with E-state index in [2.05, 4.69) is 32.1 Å². The van der Waals surface area contributed by atoms with E-state index in [0.29, 0.717) is 82.8 Å². The number of rotatable bonds is 3. The molecule has 9 rings (SSSR count). The second-order valence-electron chi connectivity index (χ2n) is 11.9. The molecule has 0 radical (unpaired) electrons. The standard InChI is InChI=1S/C30H31ClFN7O5/c1-38-16(7-15-8-23(15)38)13-43-29-35-26-20-10-33-27(25(26)32)24-18(21(31)9-22-19(24)11-34-37-22)3-2-5-42-30(40)44-17-12-39(28(20)36-29)4-6-41-14-17/h9-11,15-17,23H,2-8,12-14H2,1H3,(H,34,37)/t15-,16-,17-,23+/m0/s1. The van der Waals surface area contributed by atoms with E-state index in [0.717, 1.165) is 6.42 Å². The van der Waals surface area contributed by atoms with Crippen LogP contribution >= 0.6 is 11.6 Å². The number of piperidine rings is 1. The SMILES string of the molecule is CN1[C@H](COc2nc3c4cnc(c(F)c4n2)-c2c(c(Cl)cc4[nH]ncc24)CCCOC(=O)O[C@@H]2COCCN3C2)C[C@H]2C[C@H]21. The van der Waals surface area contributed by atoms with Crippen molar-refractivity contribution in [3.8, 4) is 17.3 Å². The lowest BCUT2D eigenvalue weighted by Gasteiger charge is -2.26. The summed E-state index contributed by atoms with van der Waals surface area (Å²) in [5.74, 6) is 0.524. The van der Waals surface area contributed by atoms with Gasteiger partial charge in [-0.05, 0) is 50.3 Å². The number of ether oxygens (including phenoxy) is 4. The molecule has 7 heterocycles. The van der Waals surface area contributed by atoms with Crippen molar-refractivity contribution >= 4 is 45.4 Å². The minimum absolute atomic E-state index is 0.0699. The molecule has 1 saturated carbocycles. The highest BCUT2D eigenvalue weighted by molar-refractivity contribution is 6.33. The predicted octanol–water partition coefficient (Wildman–Crippen LogP) is 4.14. The van der Waals surface area contributed by atoms with Crippen molar-refractivity contribution in [2.75, 3.05) is 51.5 Å². The number of H-pyrrole nitrogens is 1. The minimum Gasteiger partial charge on any atom is -0.462 e. The van der Waals surface area contributed by atoms with Crippen molar-refractivity contribution in [2.45, 2.75) is 43.9 Å². The molecule has 4 atom stereocenters. The molecule has 0 amide bonds. The Hall–Kier alpha value is -3.81. The van der Waals surface area contributed by atoms with Crippen LogP contribution < -0.4 is 9.64 Å². The van der Waals surface area contributed by atoms with Gasteiger partial charge in [-0.15, -0.1) is 0 Å². The number of pyridine rings is 1. The fraction of sp³-hybridized carbons (Fsp3) is 0.500. The summed E-state index contributed by atoms with van der Waals surface area (Å²) >= 11 is 6.75. The first-order valence-electron chi connectivity index (χ1n) is 15.0. The number of aromatic amines is 1. The van der Waals surface area contributed by atoms with Crippen molar-refractivity contribution in [2.24, 2.45) is 5.92 Å². The number of nitrogens with one attached hydrogen (secondary N) is 1. The summed E-state index contributed by atoms with van der Waals surface area (Å²) in [5, 5.41) is 8.58. The maximum Gasteiger partial charge on any atom is 0.508 e. The molecule has 0 spiro atoms. The lowest BCUT2D eigenvalue weighted by molar-refractivity contribution is -0.00448. The molecule has 230 valence electrons. The fourth-order valence-electron chi connectivity index (χ4n) is 6.86. The molecule has 2 saturated heterocycles. The van der Waals surface area contributed by atoms with Gasteiger partial charge in [0.05, 0.1) is 43.5 Å². The van der Waals surface area contributed by atoms with Gasteiger partial charge in [-0.2, -0.15) is 15.1 Å². The Labute approximate surface area is 256 Å². The van der Waals surface area contributed by atoms with Gasteiger partial charge in [0.25, 0.3) is 0 Å². The van der Waals surface area contributed by atoms with Crippen LogP contribution in [-0.2, 0) is 20.6 Å². The average Bonchev–Trinajstić information content (AvgIpc) is 3.60. The zero-order chi connectivity index (χ0) is 29.9. The van der Waals surface area contributed by atoms with Gasteiger partial charge < -0.3 is 23.8 Å². The smallest absolute Gasteiger partial charge is 0.462 e. The molecule has 6 bridgehead atoms. The highest BCUT2D eigenvalue weighted by atomic mass is 35.5. The zero-order valence-electron chi connectivity index (χ0n) is 24.1. The summed E-state index contributed by atoms with van der Waals surface area (Å²) in [4.78, 5) is 30.9. The highest BCUT2D eigenvalue weighted by Gasteiger charge is 2.50. The van der Waals surface area contributed by atoms with E-state index in [-0.39, 0.29) is 43.0 Å². The number of fused-ring (bicyclic) bond motifs is 8. The van der Waals surface area contributed by atoms with Crippen LogP contribution in [0.1, 0.15) is 24.8 Å². The number of likely N-dealkylation sites (tertiary alicyclic amines) is 1. The number of aromatic nitrogens is 5. The quantitative estimate of drug-likeness (QED) is 0.331. The molecule has 4 aromatic rings. The van der Waals surface area contributed by atoms with E-state index in [1.807, 2.05) is 4.90 Å². The number of carbonyl (C=O) groups is 1. The van der Waals surface area contributed by atoms with Gasteiger partial charge >= 0.3 is 12.2 Å². The Kier molecular flexibility index (Phi) is 6.91. The molecule has 44 heavy (non-hydrogen) atoms. The molecule has 3 fully saturated rings. The van der Waals surface area contributed by atoms with Crippen LogP contribution in [0.5, 0.6) is 6.01 Å². The second kappa shape index (κ2) is 11.0. The number of hydrogen-bond donors (Lipinski definition) is 1. The molecule has 5 aliphatic rings.